The lowest BCUT2D eigenvalue weighted by Crippen LogP contribution is -2.31. The fraction of sp³-hybridized carbons (Fsp3) is 0.500. The van der Waals surface area contributed by atoms with Crippen LogP contribution in [0.4, 0.5) is 5.69 Å². The van der Waals surface area contributed by atoms with Crippen molar-refractivity contribution in [2.75, 3.05) is 5.32 Å². The first-order chi connectivity index (χ1) is 12.8. The van der Waals surface area contributed by atoms with Gasteiger partial charge in [0, 0.05) is 23.0 Å². The Morgan fingerprint density at radius 1 is 1.33 bits per heavy atom. The smallest absolute Gasteiger partial charge is 0.348 e. The van der Waals surface area contributed by atoms with E-state index in [1.54, 1.807) is 6.20 Å². The Morgan fingerprint density at radius 2 is 2.07 bits per heavy atom. The molecule has 0 atom stereocenters. The first kappa shape index (κ1) is 19.7. The molecule has 0 saturated heterocycles. The Kier molecular flexibility index (Phi) is 6.08. The number of hydrogen-bond acceptors (Lipinski definition) is 6. The van der Waals surface area contributed by atoms with Crippen LogP contribution < -0.4 is 10.1 Å². The molecule has 27 heavy (non-hydrogen) atoms. The molecule has 5 nitrogen and oxygen atoms in total. The Hall–Kier alpha value is -2.04. The van der Waals surface area contributed by atoms with E-state index in [2.05, 4.69) is 22.1 Å². The van der Waals surface area contributed by atoms with Gasteiger partial charge >= 0.3 is 5.97 Å². The first-order valence-electron chi connectivity index (χ1n) is 9.03. The van der Waals surface area contributed by atoms with Crippen molar-refractivity contribution in [3.8, 4) is 17.0 Å². The molecule has 2 N–H and O–H groups in total. The number of aromatic carboxylic acids is 1. The largest absolute Gasteiger partial charge is 0.477 e. The minimum atomic E-state index is -0.910. The van der Waals surface area contributed by atoms with E-state index in [9.17, 15) is 9.90 Å². The third-order valence-corrected chi connectivity index (χ3v) is 5.90. The van der Waals surface area contributed by atoms with Crippen LogP contribution in [0.1, 0.15) is 61.0 Å². The highest BCUT2D eigenvalue weighted by molar-refractivity contribution is 7.15. The van der Waals surface area contributed by atoms with Gasteiger partial charge in [-0.25, -0.2) is 9.78 Å². The summed E-state index contributed by atoms with van der Waals surface area (Å²) in [7, 11) is 0. The zero-order chi connectivity index (χ0) is 19.4. The van der Waals surface area contributed by atoms with Gasteiger partial charge in [0.1, 0.15) is 11.0 Å². The third kappa shape index (κ3) is 5.72. The fourth-order valence-electron chi connectivity index (χ4n) is 2.92. The molecule has 0 bridgehead atoms. The summed E-state index contributed by atoms with van der Waals surface area (Å²) in [5, 5.41) is 15.6. The van der Waals surface area contributed by atoms with Crippen LogP contribution in [0.25, 0.3) is 0 Å². The van der Waals surface area contributed by atoms with E-state index in [0.717, 1.165) is 35.8 Å². The number of aromatic nitrogens is 1. The Balaban J connectivity index is 1.62. The highest BCUT2D eigenvalue weighted by atomic mass is 32.1. The number of nitrogens with one attached hydrogen (secondary N) is 1. The fourth-order valence-corrected chi connectivity index (χ4v) is 4.29. The Bertz CT molecular complexity index is 833. The van der Waals surface area contributed by atoms with Crippen LogP contribution in [0.3, 0.4) is 0 Å². The van der Waals surface area contributed by atoms with Gasteiger partial charge in [0.2, 0.25) is 0 Å². The van der Waals surface area contributed by atoms with Crippen molar-refractivity contribution in [2.24, 2.45) is 5.41 Å². The summed E-state index contributed by atoms with van der Waals surface area (Å²) in [6, 6.07) is 2.11. The van der Waals surface area contributed by atoms with E-state index in [-0.39, 0.29) is 17.6 Å². The van der Waals surface area contributed by atoms with E-state index in [0.29, 0.717) is 10.6 Å². The number of nitrogens with zero attached hydrogens (tertiary/aromatic N) is 1. The summed E-state index contributed by atoms with van der Waals surface area (Å²) in [6.45, 7) is 6.12. The summed E-state index contributed by atoms with van der Waals surface area (Å²) >= 11 is 2.74. The van der Waals surface area contributed by atoms with Crippen molar-refractivity contribution in [1.29, 1.82) is 0 Å². The van der Waals surface area contributed by atoms with Gasteiger partial charge in [0.25, 0.3) is 5.19 Å². The summed E-state index contributed by atoms with van der Waals surface area (Å²) in [5.41, 5.74) is 0.562. The highest BCUT2D eigenvalue weighted by Crippen LogP contribution is 2.31. The maximum absolute atomic E-state index is 11.6. The normalized spacial score (nSPS) is 19.8. The minimum absolute atomic E-state index is 0.114. The zero-order valence-corrected chi connectivity index (χ0v) is 17.4. The second-order valence-electron chi connectivity index (χ2n) is 7.69. The molecular weight excluding hydrogens is 380 g/mol. The van der Waals surface area contributed by atoms with Crippen LogP contribution in [0, 0.1) is 17.3 Å². The van der Waals surface area contributed by atoms with E-state index in [1.165, 1.54) is 22.7 Å². The lowest BCUT2D eigenvalue weighted by atomic mass is 9.93. The van der Waals surface area contributed by atoms with Gasteiger partial charge in [-0.1, -0.05) is 23.2 Å². The third-order valence-electron chi connectivity index (χ3n) is 4.20. The summed E-state index contributed by atoms with van der Waals surface area (Å²) in [4.78, 5) is 16.9. The predicted molar refractivity (Wildman–Crippen MR) is 110 cm³/mol. The summed E-state index contributed by atoms with van der Waals surface area (Å²) < 4.78 is 5.89. The van der Waals surface area contributed by atoms with Gasteiger partial charge in [-0.05, 0) is 52.5 Å². The Morgan fingerprint density at radius 3 is 2.67 bits per heavy atom. The van der Waals surface area contributed by atoms with Gasteiger partial charge in [0.15, 0.2) is 0 Å². The van der Waals surface area contributed by atoms with E-state index in [1.807, 2.05) is 32.2 Å². The maximum atomic E-state index is 11.6. The second kappa shape index (κ2) is 8.32. The summed E-state index contributed by atoms with van der Waals surface area (Å²) in [5.74, 6) is 5.36. The van der Waals surface area contributed by atoms with Crippen molar-refractivity contribution in [3.05, 3.63) is 27.4 Å². The first-order valence-corrected chi connectivity index (χ1v) is 10.7. The maximum Gasteiger partial charge on any atom is 0.348 e. The number of rotatable bonds is 5. The zero-order valence-electron chi connectivity index (χ0n) is 15.7. The van der Waals surface area contributed by atoms with Gasteiger partial charge in [-0.15, -0.1) is 11.3 Å². The van der Waals surface area contributed by atoms with Crippen molar-refractivity contribution >= 4 is 34.3 Å². The Labute approximate surface area is 167 Å². The highest BCUT2D eigenvalue weighted by Gasteiger charge is 2.25. The molecule has 0 aliphatic heterocycles. The molecule has 2 aromatic heterocycles. The predicted octanol–water partition coefficient (Wildman–Crippen LogP) is 5.10. The number of carboxylic acids is 1. The molecule has 3 rings (SSSR count). The molecule has 7 heteroatoms. The molecule has 0 aromatic carbocycles. The molecule has 0 spiro atoms. The van der Waals surface area contributed by atoms with Crippen LogP contribution >= 0.6 is 22.7 Å². The number of thiazole rings is 1. The van der Waals surface area contributed by atoms with Crippen molar-refractivity contribution in [3.63, 3.8) is 0 Å². The lowest BCUT2D eigenvalue weighted by Gasteiger charge is -2.29. The minimum Gasteiger partial charge on any atom is -0.477 e. The van der Waals surface area contributed by atoms with Crippen LogP contribution in [-0.4, -0.2) is 28.2 Å². The molecule has 0 radical (unpaired) electrons. The lowest BCUT2D eigenvalue weighted by molar-refractivity contribution is 0.0703. The quantitative estimate of drug-likeness (QED) is 0.678. The van der Waals surface area contributed by atoms with E-state index < -0.39 is 5.97 Å². The molecule has 1 aliphatic carbocycles. The molecule has 1 saturated carbocycles. The average molecular weight is 405 g/mol. The van der Waals surface area contributed by atoms with Gasteiger partial charge in [0.05, 0.1) is 10.6 Å². The number of hydrogen-bond donors (Lipinski definition) is 2. The molecule has 2 heterocycles. The van der Waals surface area contributed by atoms with E-state index >= 15 is 0 Å². The van der Waals surface area contributed by atoms with Crippen molar-refractivity contribution in [2.45, 2.75) is 58.6 Å². The monoisotopic (exact) mass is 404 g/mol. The number of ether oxygens (including phenoxy) is 1. The SMILES string of the molecule is CC(C)(C)C#Cc1cc(NC2CCC(Oc3nccs3)CC2)c(C(=O)O)s1. The van der Waals surface area contributed by atoms with Crippen LogP contribution in [0.15, 0.2) is 17.6 Å². The van der Waals surface area contributed by atoms with Gasteiger partial charge in [-0.2, -0.15) is 0 Å². The summed E-state index contributed by atoms with van der Waals surface area (Å²) in [6.07, 6.45) is 5.67. The number of thiophene rings is 1. The number of anilines is 1. The molecular formula is C20H24N2O3S2. The van der Waals surface area contributed by atoms with Crippen molar-refractivity contribution in [1.82, 2.24) is 4.98 Å². The van der Waals surface area contributed by atoms with Crippen molar-refractivity contribution < 1.29 is 14.6 Å². The molecule has 1 aliphatic rings. The number of carbonyl (C=O) groups is 1. The molecule has 1 fully saturated rings. The standard InChI is InChI=1S/C20H24N2O3S2/c1-20(2,3)9-8-15-12-16(17(27-15)18(23)24)22-13-4-6-14(7-5-13)25-19-21-10-11-26-19/h10-14,22H,4-7H2,1-3H3,(H,23,24). The van der Waals surface area contributed by atoms with Crippen LogP contribution in [-0.2, 0) is 0 Å². The van der Waals surface area contributed by atoms with Crippen LogP contribution in [0.2, 0.25) is 0 Å². The average Bonchev–Trinajstić information content (AvgIpc) is 3.24. The molecule has 2 aromatic rings. The molecule has 0 unspecified atom stereocenters. The van der Waals surface area contributed by atoms with E-state index in [4.69, 9.17) is 4.74 Å². The van der Waals surface area contributed by atoms with Gasteiger partial charge in [-0.3, -0.25) is 0 Å². The van der Waals surface area contributed by atoms with Gasteiger partial charge < -0.3 is 15.2 Å². The van der Waals surface area contributed by atoms with Crippen LogP contribution in [0.5, 0.6) is 5.19 Å². The second-order valence-corrected chi connectivity index (χ2v) is 9.60. The molecule has 0 amide bonds. The molecule has 144 valence electrons. The topological polar surface area (TPSA) is 71.5 Å². The number of carboxylic acid groups (broad SMARTS) is 1.